The van der Waals surface area contributed by atoms with E-state index in [1.54, 1.807) is 35.0 Å². The third kappa shape index (κ3) is 4.24. The summed E-state index contributed by atoms with van der Waals surface area (Å²) in [6.07, 6.45) is 3.32. The highest BCUT2D eigenvalue weighted by molar-refractivity contribution is 5.95. The van der Waals surface area contributed by atoms with E-state index in [0.717, 1.165) is 5.69 Å². The number of nitrogens with two attached hydrogens (primary N) is 1. The van der Waals surface area contributed by atoms with Gasteiger partial charge in [0.1, 0.15) is 17.0 Å². The number of nitrogen functional groups attached to an aromatic ring is 1. The molecule has 0 saturated carbocycles. The summed E-state index contributed by atoms with van der Waals surface area (Å²) in [4.78, 5) is 41.6. The molecule has 10 nitrogen and oxygen atoms in total. The summed E-state index contributed by atoms with van der Waals surface area (Å²) in [5.74, 6) is -0.598. The molecule has 162 valence electrons. The molecule has 4 rings (SSSR count). The molecule has 0 unspecified atom stereocenters. The van der Waals surface area contributed by atoms with Gasteiger partial charge in [-0.3, -0.25) is 19.0 Å². The van der Waals surface area contributed by atoms with Gasteiger partial charge in [0.2, 0.25) is 5.95 Å². The van der Waals surface area contributed by atoms with Crippen LogP contribution in [0.3, 0.4) is 0 Å². The highest BCUT2D eigenvalue weighted by atomic mass is 16.5. The highest BCUT2D eigenvalue weighted by Crippen LogP contribution is 2.31. The van der Waals surface area contributed by atoms with Crippen LogP contribution in [0.15, 0.2) is 48.8 Å². The van der Waals surface area contributed by atoms with Gasteiger partial charge in [-0.1, -0.05) is 6.07 Å². The summed E-state index contributed by atoms with van der Waals surface area (Å²) >= 11 is 0. The van der Waals surface area contributed by atoms with E-state index in [0.29, 0.717) is 34.0 Å². The Morgan fingerprint density at radius 2 is 1.94 bits per heavy atom. The summed E-state index contributed by atoms with van der Waals surface area (Å²) in [6, 6.07) is 10.8. The van der Waals surface area contributed by atoms with Crippen LogP contribution in [0.4, 0.5) is 5.95 Å². The molecule has 0 aliphatic carbocycles. The minimum atomic E-state index is -0.394. The Bertz CT molecular complexity index is 1320. The van der Waals surface area contributed by atoms with Crippen molar-refractivity contribution >= 4 is 23.5 Å². The molecule has 4 aromatic rings. The Morgan fingerprint density at radius 1 is 1.09 bits per heavy atom. The first-order valence-corrected chi connectivity index (χ1v) is 9.86. The first-order chi connectivity index (χ1) is 15.5. The van der Waals surface area contributed by atoms with Crippen LogP contribution in [0.2, 0.25) is 0 Å². The van der Waals surface area contributed by atoms with E-state index in [9.17, 15) is 9.59 Å². The molecule has 1 amide bonds. The zero-order valence-electron chi connectivity index (χ0n) is 17.6. The zero-order valence-corrected chi connectivity index (χ0v) is 17.6. The van der Waals surface area contributed by atoms with Crippen LogP contribution in [0, 0.1) is 6.92 Å². The summed E-state index contributed by atoms with van der Waals surface area (Å²) in [5.41, 5.74) is 10.1. The molecule has 0 atom stereocenters. The minimum Gasteiger partial charge on any atom is -0.469 e. The number of nitrogens with zero attached hydrogens (tertiary/aromatic N) is 5. The van der Waals surface area contributed by atoms with Gasteiger partial charge in [0, 0.05) is 24.6 Å². The van der Waals surface area contributed by atoms with E-state index in [-0.39, 0.29) is 24.8 Å². The van der Waals surface area contributed by atoms with E-state index in [1.165, 1.54) is 7.11 Å². The lowest BCUT2D eigenvalue weighted by Crippen LogP contribution is -2.26. The standard InChI is InChI=1S/C22H21N7O3/c1-13-4-3-5-15(26-13)19-20(16-8-10-25-22(23)27-16)29-12-14(6-7-17(29)28-19)21(31)24-11-9-18(30)32-2/h3-8,10,12H,9,11H2,1-2H3,(H,24,31)(H2,23,25,27). The molecule has 0 spiro atoms. The van der Waals surface area contributed by atoms with Crippen LogP contribution in [-0.2, 0) is 9.53 Å². The molecule has 0 radical (unpaired) electrons. The average Bonchev–Trinajstić information content (AvgIpc) is 3.17. The van der Waals surface area contributed by atoms with Crippen LogP contribution in [0.1, 0.15) is 22.5 Å². The Hall–Kier alpha value is -4.34. The molecular weight excluding hydrogens is 410 g/mol. The van der Waals surface area contributed by atoms with E-state index >= 15 is 0 Å². The number of carbonyl (C=O) groups excluding carboxylic acids is 2. The second-order valence-electron chi connectivity index (χ2n) is 7.00. The molecule has 0 bridgehead atoms. The van der Waals surface area contributed by atoms with Crippen LogP contribution in [0.5, 0.6) is 0 Å². The van der Waals surface area contributed by atoms with E-state index in [2.05, 4.69) is 25.0 Å². The first kappa shape index (κ1) is 20.9. The lowest BCUT2D eigenvalue weighted by atomic mass is 10.1. The molecule has 0 saturated heterocycles. The molecule has 4 heterocycles. The number of aromatic nitrogens is 5. The maximum absolute atomic E-state index is 12.6. The van der Waals surface area contributed by atoms with E-state index in [4.69, 9.17) is 10.7 Å². The number of methoxy groups -OCH3 is 1. The number of hydrogen-bond acceptors (Lipinski definition) is 8. The second kappa shape index (κ2) is 8.80. The lowest BCUT2D eigenvalue weighted by molar-refractivity contribution is -0.140. The van der Waals surface area contributed by atoms with Crippen molar-refractivity contribution in [1.82, 2.24) is 29.7 Å². The fourth-order valence-electron chi connectivity index (χ4n) is 3.27. The monoisotopic (exact) mass is 431 g/mol. The van der Waals surface area contributed by atoms with Gasteiger partial charge in [0.05, 0.1) is 30.5 Å². The zero-order chi connectivity index (χ0) is 22.7. The third-order valence-corrected chi connectivity index (χ3v) is 4.77. The number of pyridine rings is 2. The SMILES string of the molecule is COC(=O)CCNC(=O)c1ccc2nc(-c3cccc(C)n3)c(-c3ccnc(N)n3)n2c1. The van der Waals surface area contributed by atoms with Crippen molar-refractivity contribution in [2.24, 2.45) is 0 Å². The molecule has 0 aliphatic heterocycles. The van der Waals surface area contributed by atoms with Crippen LogP contribution in [-0.4, -0.2) is 49.9 Å². The Kier molecular flexibility index (Phi) is 5.75. The van der Waals surface area contributed by atoms with Crippen LogP contribution < -0.4 is 11.1 Å². The Morgan fingerprint density at radius 3 is 2.69 bits per heavy atom. The van der Waals surface area contributed by atoms with E-state index < -0.39 is 5.97 Å². The predicted molar refractivity (Wildman–Crippen MR) is 118 cm³/mol. The maximum atomic E-state index is 12.6. The van der Waals surface area contributed by atoms with Crippen molar-refractivity contribution in [3.05, 3.63) is 60.0 Å². The fraction of sp³-hybridized carbons (Fsp3) is 0.182. The number of nitrogens with one attached hydrogen (secondary N) is 1. The number of carbonyl (C=O) groups is 2. The number of amides is 1. The van der Waals surface area contributed by atoms with Gasteiger partial charge in [-0.05, 0) is 37.3 Å². The van der Waals surface area contributed by atoms with Crippen molar-refractivity contribution in [1.29, 1.82) is 0 Å². The minimum absolute atomic E-state index is 0.0875. The van der Waals surface area contributed by atoms with E-state index in [1.807, 2.05) is 25.1 Å². The number of imidazole rings is 1. The number of hydrogen-bond donors (Lipinski definition) is 2. The molecule has 4 aromatic heterocycles. The van der Waals surface area contributed by atoms with Crippen molar-refractivity contribution in [3.63, 3.8) is 0 Å². The maximum Gasteiger partial charge on any atom is 0.307 e. The third-order valence-electron chi connectivity index (χ3n) is 4.77. The topological polar surface area (TPSA) is 137 Å². The van der Waals surface area contributed by atoms with Crippen LogP contribution >= 0.6 is 0 Å². The van der Waals surface area contributed by atoms with Gasteiger partial charge in [-0.15, -0.1) is 0 Å². The van der Waals surface area contributed by atoms with Gasteiger partial charge >= 0.3 is 5.97 Å². The Balaban J connectivity index is 1.80. The number of ether oxygens (including phenoxy) is 1. The van der Waals surface area contributed by atoms with Crippen LogP contribution in [0.25, 0.3) is 28.4 Å². The lowest BCUT2D eigenvalue weighted by Gasteiger charge is -2.08. The van der Waals surface area contributed by atoms with Gasteiger partial charge in [0.25, 0.3) is 5.91 Å². The molecule has 3 N–H and O–H groups in total. The predicted octanol–water partition coefficient (Wildman–Crippen LogP) is 2.04. The largest absolute Gasteiger partial charge is 0.469 e. The highest BCUT2D eigenvalue weighted by Gasteiger charge is 2.20. The van der Waals surface area contributed by atoms with Gasteiger partial charge in [-0.25, -0.2) is 15.0 Å². The summed E-state index contributed by atoms with van der Waals surface area (Å²) < 4.78 is 6.37. The number of esters is 1. The number of fused-ring (bicyclic) bond motifs is 1. The molecule has 32 heavy (non-hydrogen) atoms. The molecule has 0 aliphatic rings. The van der Waals surface area contributed by atoms with Crippen molar-refractivity contribution in [2.75, 3.05) is 19.4 Å². The summed E-state index contributed by atoms with van der Waals surface area (Å²) in [6.45, 7) is 2.07. The first-order valence-electron chi connectivity index (χ1n) is 9.86. The smallest absolute Gasteiger partial charge is 0.307 e. The number of aryl methyl sites for hydroxylation is 1. The van der Waals surface area contributed by atoms with Gasteiger partial charge in [-0.2, -0.15) is 0 Å². The molecular formula is C22H21N7O3. The molecule has 0 fully saturated rings. The van der Waals surface area contributed by atoms with Crippen molar-refractivity contribution < 1.29 is 14.3 Å². The molecule has 0 aromatic carbocycles. The van der Waals surface area contributed by atoms with Gasteiger partial charge in [0.15, 0.2) is 0 Å². The number of anilines is 1. The fourth-order valence-corrected chi connectivity index (χ4v) is 3.27. The second-order valence-corrected chi connectivity index (χ2v) is 7.00. The quantitative estimate of drug-likeness (QED) is 0.443. The summed E-state index contributed by atoms with van der Waals surface area (Å²) in [7, 11) is 1.30. The molecule has 10 heteroatoms. The number of rotatable bonds is 6. The van der Waals surface area contributed by atoms with Gasteiger partial charge < -0.3 is 15.8 Å². The Labute approximate surface area is 183 Å². The van der Waals surface area contributed by atoms with Crippen molar-refractivity contribution in [2.45, 2.75) is 13.3 Å². The average molecular weight is 431 g/mol. The summed E-state index contributed by atoms with van der Waals surface area (Å²) in [5, 5.41) is 2.71. The normalized spacial score (nSPS) is 10.8. The van der Waals surface area contributed by atoms with Crippen molar-refractivity contribution in [3.8, 4) is 22.8 Å².